The Morgan fingerprint density at radius 1 is 1.35 bits per heavy atom. The van der Waals surface area contributed by atoms with Crippen molar-refractivity contribution in [2.75, 3.05) is 18.4 Å². The second-order valence-electron chi connectivity index (χ2n) is 5.26. The molecule has 0 unspecified atom stereocenters. The van der Waals surface area contributed by atoms with Crippen molar-refractivity contribution in [2.45, 2.75) is 19.8 Å². The van der Waals surface area contributed by atoms with E-state index < -0.39 is 17.2 Å². The maximum absolute atomic E-state index is 13.7. The lowest BCUT2D eigenvalue weighted by atomic mass is 9.80. The predicted octanol–water partition coefficient (Wildman–Crippen LogP) is 1.85. The highest BCUT2D eigenvalue weighted by atomic mass is 19.1. The van der Waals surface area contributed by atoms with Crippen molar-refractivity contribution in [1.82, 2.24) is 5.32 Å². The van der Waals surface area contributed by atoms with E-state index in [1.54, 1.807) is 0 Å². The van der Waals surface area contributed by atoms with Crippen LogP contribution in [0.2, 0.25) is 0 Å². The van der Waals surface area contributed by atoms with Crippen LogP contribution in [0.5, 0.6) is 0 Å². The van der Waals surface area contributed by atoms with Crippen LogP contribution in [0.15, 0.2) is 18.2 Å². The summed E-state index contributed by atoms with van der Waals surface area (Å²) in [6.07, 6.45) is 1.33. The summed E-state index contributed by atoms with van der Waals surface area (Å²) in [5.41, 5.74) is -0.705. The van der Waals surface area contributed by atoms with Gasteiger partial charge in [0.25, 0.3) is 0 Å². The lowest BCUT2D eigenvalue weighted by Gasteiger charge is -2.32. The number of anilines is 1. The minimum absolute atomic E-state index is 0.0582. The Hall–Kier alpha value is -1.95. The fourth-order valence-electron chi connectivity index (χ4n) is 2.23. The van der Waals surface area contributed by atoms with Crippen molar-refractivity contribution in [1.29, 1.82) is 0 Å². The van der Waals surface area contributed by atoms with E-state index in [9.17, 15) is 14.0 Å². The minimum Gasteiger partial charge on any atom is -0.478 e. The first-order valence-electron chi connectivity index (χ1n) is 6.47. The standard InChI is InChI=1S/C14H17FN2O3/c1-14(4-6-16-7-5-14)13(20)17-11-8-9(12(18)19)2-3-10(11)15/h2-3,8,16H,4-7H2,1H3,(H,17,20)(H,18,19). The summed E-state index contributed by atoms with van der Waals surface area (Å²) in [7, 11) is 0. The molecule has 108 valence electrons. The monoisotopic (exact) mass is 280 g/mol. The lowest BCUT2D eigenvalue weighted by Crippen LogP contribution is -2.43. The van der Waals surface area contributed by atoms with Gasteiger partial charge in [0.1, 0.15) is 5.82 Å². The number of carbonyl (C=O) groups excluding carboxylic acids is 1. The Balaban J connectivity index is 2.18. The highest BCUT2D eigenvalue weighted by molar-refractivity contribution is 5.97. The SMILES string of the molecule is CC1(C(=O)Nc2cc(C(=O)O)ccc2F)CCNCC1. The van der Waals surface area contributed by atoms with Gasteiger partial charge in [0.2, 0.25) is 5.91 Å². The minimum atomic E-state index is -1.16. The quantitative estimate of drug-likeness (QED) is 0.789. The molecular weight excluding hydrogens is 263 g/mol. The summed E-state index contributed by atoms with van der Waals surface area (Å²) >= 11 is 0. The number of carboxylic acids is 1. The first-order chi connectivity index (χ1) is 9.42. The first kappa shape index (κ1) is 14.5. The first-order valence-corrected chi connectivity index (χ1v) is 6.47. The zero-order chi connectivity index (χ0) is 14.8. The van der Waals surface area contributed by atoms with Crippen molar-refractivity contribution in [3.8, 4) is 0 Å². The van der Waals surface area contributed by atoms with Crippen molar-refractivity contribution in [3.63, 3.8) is 0 Å². The van der Waals surface area contributed by atoms with Crippen LogP contribution in [0, 0.1) is 11.2 Å². The number of rotatable bonds is 3. The fraction of sp³-hybridized carbons (Fsp3) is 0.429. The summed E-state index contributed by atoms with van der Waals surface area (Å²) < 4.78 is 13.7. The third-order valence-corrected chi connectivity index (χ3v) is 3.72. The summed E-state index contributed by atoms with van der Waals surface area (Å²) in [6, 6.07) is 3.35. The molecule has 1 heterocycles. The Morgan fingerprint density at radius 3 is 2.60 bits per heavy atom. The molecule has 1 aromatic carbocycles. The third kappa shape index (κ3) is 2.96. The average Bonchev–Trinajstić information content (AvgIpc) is 2.41. The van der Waals surface area contributed by atoms with Gasteiger partial charge in [-0.3, -0.25) is 4.79 Å². The number of carboxylic acid groups (broad SMARTS) is 1. The highest BCUT2D eigenvalue weighted by Gasteiger charge is 2.34. The molecule has 0 spiro atoms. The van der Waals surface area contributed by atoms with Crippen LogP contribution in [0.4, 0.5) is 10.1 Å². The van der Waals surface area contributed by atoms with Crippen molar-refractivity contribution < 1.29 is 19.1 Å². The molecule has 3 N–H and O–H groups in total. The van der Waals surface area contributed by atoms with E-state index in [1.165, 1.54) is 6.07 Å². The van der Waals surface area contributed by atoms with Gasteiger partial charge >= 0.3 is 5.97 Å². The Kier molecular flexibility index (Phi) is 4.04. The molecule has 1 aliphatic heterocycles. The molecular formula is C14H17FN2O3. The number of benzene rings is 1. The van der Waals surface area contributed by atoms with Gasteiger partial charge in [-0.15, -0.1) is 0 Å². The molecule has 1 fully saturated rings. The Bertz CT molecular complexity index is 539. The maximum Gasteiger partial charge on any atom is 0.335 e. The van der Waals surface area contributed by atoms with Crippen LogP contribution in [0.3, 0.4) is 0 Å². The smallest absolute Gasteiger partial charge is 0.335 e. The van der Waals surface area contributed by atoms with Gasteiger partial charge in [0.05, 0.1) is 11.3 Å². The van der Waals surface area contributed by atoms with Gasteiger partial charge in [0.15, 0.2) is 0 Å². The number of aromatic carboxylic acids is 1. The van der Waals surface area contributed by atoms with Gasteiger partial charge in [0, 0.05) is 5.41 Å². The largest absolute Gasteiger partial charge is 0.478 e. The van der Waals surface area contributed by atoms with Crippen molar-refractivity contribution >= 4 is 17.6 Å². The molecule has 5 nitrogen and oxygen atoms in total. The molecule has 2 rings (SSSR count). The summed E-state index contributed by atoms with van der Waals surface area (Å²) in [5.74, 6) is -2.07. The summed E-state index contributed by atoms with van der Waals surface area (Å²) in [4.78, 5) is 23.1. The molecule has 1 amide bonds. The predicted molar refractivity (Wildman–Crippen MR) is 72.2 cm³/mol. The fourth-order valence-corrected chi connectivity index (χ4v) is 2.23. The highest BCUT2D eigenvalue weighted by Crippen LogP contribution is 2.30. The van der Waals surface area contributed by atoms with Gasteiger partial charge in [-0.1, -0.05) is 6.92 Å². The number of hydrogen-bond acceptors (Lipinski definition) is 3. The summed E-state index contributed by atoms with van der Waals surface area (Å²) in [5, 5.41) is 14.6. The van der Waals surface area contributed by atoms with E-state index in [1.807, 2.05) is 6.92 Å². The third-order valence-electron chi connectivity index (χ3n) is 3.72. The van der Waals surface area contributed by atoms with Gasteiger partial charge in [-0.25, -0.2) is 9.18 Å². The maximum atomic E-state index is 13.7. The summed E-state index contributed by atoms with van der Waals surface area (Å²) in [6.45, 7) is 3.31. The molecule has 1 saturated heterocycles. The molecule has 0 saturated carbocycles. The number of piperidine rings is 1. The molecule has 0 aliphatic carbocycles. The number of carbonyl (C=O) groups is 2. The zero-order valence-corrected chi connectivity index (χ0v) is 11.2. The lowest BCUT2D eigenvalue weighted by molar-refractivity contribution is -0.126. The van der Waals surface area contributed by atoms with E-state index in [0.717, 1.165) is 25.2 Å². The Morgan fingerprint density at radius 2 is 2.00 bits per heavy atom. The van der Waals surface area contributed by atoms with Crippen molar-refractivity contribution in [3.05, 3.63) is 29.6 Å². The van der Waals surface area contributed by atoms with Crippen molar-refractivity contribution in [2.24, 2.45) is 5.41 Å². The topological polar surface area (TPSA) is 78.4 Å². The second-order valence-corrected chi connectivity index (χ2v) is 5.26. The molecule has 6 heteroatoms. The van der Waals surface area contributed by atoms with E-state index in [2.05, 4.69) is 10.6 Å². The Labute approximate surface area is 116 Å². The molecule has 0 atom stereocenters. The number of hydrogen-bond donors (Lipinski definition) is 3. The van der Waals surface area contributed by atoms with Crippen LogP contribution < -0.4 is 10.6 Å². The van der Waals surface area contributed by atoms with Crippen LogP contribution in [0.1, 0.15) is 30.1 Å². The van der Waals surface area contributed by atoms with E-state index in [4.69, 9.17) is 5.11 Å². The molecule has 20 heavy (non-hydrogen) atoms. The number of nitrogens with one attached hydrogen (secondary N) is 2. The molecule has 0 radical (unpaired) electrons. The van der Waals surface area contributed by atoms with Gasteiger partial charge in [-0.05, 0) is 44.1 Å². The van der Waals surface area contributed by atoms with E-state index in [0.29, 0.717) is 12.8 Å². The number of amides is 1. The van der Waals surface area contributed by atoms with Gasteiger partial charge < -0.3 is 15.7 Å². The molecule has 0 bridgehead atoms. The average molecular weight is 280 g/mol. The normalized spacial score (nSPS) is 17.5. The van der Waals surface area contributed by atoms with E-state index in [-0.39, 0.29) is 17.2 Å². The van der Waals surface area contributed by atoms with Gasteiger partial charge in [-0.2, -0.15) is 0 Å². The van der Waals surface area contributed by atoms with Crippen LogP contribution in [-0.2, 0) is 4.79 Å². The number of halogens is 1. The van der Waals surface area contributed by atoms with Crippen LogP contribution in [-0.4, -0.2) is 30.1 Å². The van der Waals surface area contributed by atoms with Crippen LogP contribution in [0.25, 0.3) is 0 Å². The second kappa shape index (κ2) is 5.58. The van der Waals surface area contributed by atoms with Crippen LogP contribution >= 0.6 is 0 Å². The molecule has 1 aliphatic rings. The zero-order valence-electron chi connectivity index (χ0n) is 11.2. The molecule has 0 aromatic heterocycles. The van der Waals surface area contributed by atoms with E-state index >= 15 is 0 Å². The molecule has 1 aromatic rings.